The molecule has 1 N–H and O–H groups in total. The van der Waals surface area contributed by atoms with Gasteiger partial charge in [-0.2, -0.15) is 0 Å². The fourth-order valence-corrected chi connectivity index (χ4v) is 2.13. The summed E-state index contributed by atoms with van der Waals surface area (Å²) in [7, 11) is 0. The molecule has 2 aromatic rings. The van der Waals surface area contributed by atoms with Crippen molar-refractivity contribution < 1.29 is 23.8 Å². The van der Waals surface area contributed by atoms with Crippen molar-refractivity contribution >= 4 is 11.9 Å². The molecule has 0 unspecified atom stereocenters. The highest BCUT2D eigenvalue weighted by molar-refractivity contribution is 5.91. The molecular weight excluding hydrogens is 310 g/mol. The van der Waals surface area contributed by atoms with E-state index in [1.807, 2.05) is 0 Å². The van der Waals surface area contributed by atoms with Gasteiger partial charge < -0.3 is 19.5 Å². The first-order chi connectivity index (χ1) is 11.7. The number of amides is 1. The van der Waals surface area contributed by atoms with Gasteiger partial charge in [0.1, 0.15) is 5.75 Å². The summed E-state index contributed by atoms with van der Waals surface area (Å²) < 4.78 is 15.8. The van der Waals surface area contributed by atoms with Crippen molar-refractivity contribution in [2.75, 3.05) is 6.79 Å². The van der Waals surface area contributed by atoms with Crippen LogP contribution < -0.4 is 19.5 Å². The third kappa shape index (κ3) is 3.55. The van der Waals surface area contributed by atoms with E-state index >= 15 is 0 Å². The normalized spacial score (nSPS) is 11.7. The number of hydrogen-bond acceptors (Lipinski definition) is 5. The highest BCUT2D eigenvalue weighted by Gasteiger charge is 2.16. The smallest absolute Gasteiger partial charge is 0.343 e. The Bertz CT molecular complexity index is 782. The van der Waals surface area contributed by atoms with Gasteiger partial charge in [-0.1, -0.05) is 18.7 Å². The van der Waals surface area contributed by atoms with Crippen LogP contribution >= 0.6 is 0 Å². The monoisotopic (exact) mass is 325 g/mol. The van der Waals surface area contributed by atoms with Gasteiger partial charge in [0.15, 0.2) is 11.5 Å². The Labute approximate surface area is 138 Å². The van der Waals surface area contributed by atoms with Crippen LogP contribution in [0.25, 0.3) is 0 Å². The summed E-state index contributed by atoms with van der Waals surface area (Å²) in [6.45, 7) is 3.91. The molecule has 1 amide bonds. The van der Waals surface area contributed by atoms with Crippen LogP contribution in [0.5, 0.6) is 17.2 Å². The molecule has 2 aromatic carbocycles. The fourth-order valence-electron chi connectivity index (χ4n) is 2.13. The van der Waals surface area contributed by atoms with Crippen LogP contribution in [-0.4, -0.2) is 18.7 Å². The zero-order valence-electron chi connectivity index (χ0n) is 12.8. The number of benzene rings is 2. The van der Waals surface area contributed by atoms with Gasteiger partial charge in [0.05, 0.1) is 5.56 Å². The molecule has 3 rings (SSSR count). The van der Waals surface area contributed by atoms with Gasteiger partial charge in [-0.3, -0.25) is 4.79 Å². The topological polar surface area (TPSA) is 73.9 Å². The molecule has 1 aliphatic heterocycles. The van der Waals surface area contributed by atoms with E-state index in [4.69, 9.17) is 14.2 Å². The Balaban J connectivity index is 1.62. The van der Waals surface area contributed by atoms with E-state index in [-0.39, 0.29) is 12.7 Å². The number of ether oxygens (including phenoxy) is 3. The van der Waals surface area contributed by atoms with Gasteiger partial charge in [-0.25, -0.2) is 4.79 Å². The summed E-state index contributed by atoms with van der Waals surface area (Å²) >= 11 is 0. The van der Waals surface area contributed by atoms with E-state index in [0.29, 0.717) is 29.4 Å². The summed E-state index contributed by atoms with van der Waals surface area (Å²) in [5.74, 6) is 0.831. The Kier molecular flexibility index (Phi) is 4.47. The summed E-state index contributed by atoms with van der Waals surface area (Å²) in [6.07, 6.45) is 1.21. The van der Waals surface area contributed by atoms with E-state index in [0.717, 1.165) is 5.56 Å². The average Bonchev–Trinajstić information content (AvgIpc) is 3.07. The maximum atomic E-state index is 12.2. The minimum atomic E-state index is -0.476. The predicted molar refractivity (Wildman–Crippen MR) is 86.0 cm³/mol. The lowest BCUT2D eigenvalue weighted by Gasteiger charge is -2.07. The highest BCUT2D eigenvalue weighted by atomic mass is 16.7. The molecular formula is C18H15NO5. The van der Waals surface area contributed by atoms with Crippen molar-refractivity contribution in [1.29, 1.82) is 0 Å². The minimum absolute atomic E-state index is 0.163. The number of nitrogens with one attached hydrogen (secondary N) is 1. The van der Waals surface area contributed by atoms with E-state index in [2.05, 4.69) is 11.9 Å². The molecule has 0 spiro atoms. The minimum Gasteiger partial charge on any atom is -0.454 e. The average molecular weight is 325 g/mol. The summed E-state index contributed by atoms with van der Waals surface area (Å²) in [5, 5.41) is 2.66. The van der Waals surface area contributed by atoms with Crippen LogP contribution in [0.2, 0.25) is 0 Å². The molecule has 0 bridgehead atoms. The second-order valence-electron chi connectivity index (χ2n) is 5.02. The number of rotatable bonds is 5. The first kappa shape index (κ1) is 15.6. The standard InChI is InChI=1S/C18H15NO5/c1-2-17(20)19-10-12-3-5-13(6-4-12)18(21)24-14-7-8-15-16(9-14)23-11-22-15/h2-9H,1,10-11H2,(H,19,20). The fraction of sp³-hybridized carbons (Fsp3) is 0.111. The molecule has 0 aromatic heterocycles. The molecule has 1 aliphatic rings. The number of fused-ring (bicyclic) bond motifs is 1. The molecule has 1 heterocycles. The van der Waals surface area contributed by atoms with Gasteiger partial charge in [0, 0.05) is 12.6 Å². The molecule has 6 nitrogen and oxygen atoms in total. The summed E-state index contributed by atoms with van der Waals surface area (Å²) in [5.41, 5.74) is 1.27. The molecule has 0 saturated carbocycles. The maximum Gasteiger partial charge on any atom is 0.343 e. The summed E-state index contributed by atoms with van der Waals surface area (Å²) in [4.78, 5) is 23.3. The zero-order chi connectivity index (χ0) is 16.9. The van der Waals surface area contributed by atoms with Crippen molar-refractivity contribution in [3.63, 3.8) is 0 Å². The number of esters is 1. The quantitative estimate of drug-likeness (QED) is 0.519. The lowest BCUT2D eigenvalue weighted by molar-refractivity contribution is -0.116. The zero-order valence-corrected chi connectivity index (χ0v) is 12.8. The predicted octanol–water partition coefficient (Wildman–Crippen LogP) is 2.44. The second kappa shape index (κ2) is 6.87. The summed E-state index contributed by atoms with van der Waals surface area (Å²) in [6, 6.07) is 11.7. The van der Waals surface area contributed by atoms with Crippen LogP contribution in [0.3, 0.4) is 0 Å². The molecule has 122 valence electrons. The molecule has 0 saturated heterocycles. The number of carbonyl (C=O) groups is 2. The van der Waals surface area contributed by atoms with E-state index in [9.17, 15) is 9.59 Å². The van der Waals surface area contributed by atoms with Crippen molar-refractivity contribution in [2.24, 2.45) is 0 Å². The van der Waals surface area contributed by atoms with Crippen LogP contribution in [0.1, 0.15) is 15.9 Å². The second-order valence-corrected chi connectivity index (χ2v) is 5.02. The number of carbonyl (C=O) groups excluding carboxylic acids is 2. The van der Waals surface area contributed by atoms with Gasteiger partial charge in [0.25, 0.3) is 0 Å². The van der Waals surface area contributed by atoms with Gasteiger partial charge in [-0.15, -0.1) is 0 Å². The van der Waals surface area contributed by atoms with Crippen molar-refractivity contribution in [2.45, 2.75) is 6.54 Å². The van der Waals surface area contributed by atoms with Crippen molar-refractivity contribution in [3.8, 4) is 17.2 Å². The first-order valence-electron chi connectivity index (χ1n) is 7.27. The lowest BCUT2D eigenvalue weighted by Crippen LogP contribution is -2.20. The van der Waals surface area contributed by atoms with Crippen molar-refractivity contribution in [1.82, 2.24) is 5.32 Å². The van der Waals surface area contributed by atoms with Crippen LogP contribution in [0, 0.1) is 0 Å². The van der Waals surface area contributed by atoms with Crippen LogP contribution in [0.4, 0.5) is 0 Å². The molecule has 0 atom stereocenters. The Morgan fingerprint density at radius 1 is 1.12 bits per heavy atom. The SMILES string of the molecule is C=CC(=O)NCc1ccc(C(=O)Oc2ccc3c(c2)OCO3)cc1. The van der Waals surface area contributed by atoms with Crippen LogP contribution in [-0.2, 0) is 11.3 Å². The van der Waals surface area contributed by atoms with E-state index < -0.39 is 5.97 Å². The number of hydrogen-bond donors (Lipinski definition) is 1. The third-order valence-corrected chi connectivity index (χ3v) is 3.40. The molecule has 6 heteroatoms. The Morgan fingerprint density at radius 3 is 2.62 bits per heavy atom. The third-order valence-electron chi connectivity index (χ3n) is 3.40. The van der Waals surface area contributed by atoms with Gasteiger partial charge in [-0.05, 0) is 35.9 Å². The Morgan fingerprint density at radius 2 is 1.88 bits per heavy atom. The van der Waals surface area contributed by atoms with E-state index in [1.54, 1.807) is 42.5 Å². The molecule has 24 heavy (non-hydrogen) atoms. The van der Waals surface area contributed by atoms with Gasteiger partial charge >= 0.3 is 5.97 Å². The maximum absolute atomic E-state index is 12.2. The first-order valence-corrected chi connectivity index (χ1v) is 7.27. The highest BCUT2D eigenvalue weighted by Crippen LogP contribution is 2.35. The Hall–Kier alpha value is -3.28. The van der Waals surface area contributed by atoms with Crippen LogP contribution in [0.15, 0.2) is 55.1 Å². The molecule has 0 aliphatic carbocycles. The largest absolute Gasteiger partial charge is 0.454 e. The molecule has 0 fully saturated rings. The van der Waals surface area contributed by atoms with Crippen molar-refractivity contribution in [3.05, 3.63) is 66.2 Å². The van der Waals surface area contributed by atoms with Gasteiger partial charge in [0.2, 0.25) is 12.7 Å². The van der Waals surface area contributed by atoms with E-state index in [1.165, 1.54) is 6.08 Å². The lowest BCUT2D eigenvalue weighted by atomic mass is 10.1. The molecule has 0 radical (unpaired) electrons.